The van der Waals surface area contributed by atoms with E-state index in [1.165, 1.54) is 11.1 Å². The molecule has 0 radical (unpaired) electrons. The first-order valence-electron chi connectivity index (χ1n) is 13.0. The summed E-state index contributed by atoms with van der Waals surface area (Å²) in [6, 6.07) is 14.0. The zero-order chi connectivity index (χ0) is 26.4. The molecule has 6 heteroatoms. The maximum atomic E-state index is 15.3. The van der Waals surface area contributed by atoms with Crippen LogP contribution in [0.5, 0.6) is 11.5 Å². The van der Waals surface area contributed by atoms with E-state index in [0.717, 1.165) is 79.2 Å². The number of hydrogen-bond acceptors (Lipinski definition) is 5. The average Bonchev–Trinajstić information content (AvgIpc) is 3.38. The molecule has 3 heterocycles. The summed E-state index contributed by atoms with van der Waals surface area (Å²) in [4.78, 5) is 9.37. The smallest absolute Gasteiger partial charge is 0.165 e. The Morgan fingerprint density at radius 2 is 1.92 bits per heavy atom. The first-order valence-corrected chi connectivity index (χ1v) is 13.8. The lowest BCUT2D eigenvalue weighted by Crippen LogP contribution is -2.12. The second kappa shape index (κ2) is 9.84. The van der Waals surface area contributed by atoms with Crippen molar-refractivity contribution in [1.82, 2.24) is 9.97 Å². The maximum absolute atomic E-state index is 15.3. The molecule has 0 fully saturated rings. The van der Waals surface area contributed by atoms with Crippen LogP contribution in [0.15, 0.2) is 54.9 Å². The summed E-state index contributed by atoms with van der Waals surface area (Å²) in [6.45, 7) is 6.96. The number of methoxy groups -OCH3 is 1. The predicted molar refractivity (Wildman–Crippen MR) is 153 cm³/mol. The monoisotopic (exact) mass is 524 g/mol. The van der Waals surface area contributed by atoms with E-state index in [-0.39, 0.29) is 5.82 Å². The predicted octanol–water partition coefficient (Wildman–Crippen LogP) is 8.34. The Labute approximate surface area is 226 Å². The van der Waals surface area contributed by atoms with Gasteiger partial charge < -0.3 is 9.47 Å². The number of hydrogen-bond donors (Lipinski definition) is 0. The van der Waals surface area contributed by atoms with Crippen molar-refractivity contribution < 1.29 is 13.9 Å². The van der Waals surface area contributed by atoms with Crippen LogP contribution in [0.2, 0.25) is 0 Å². The van der Waals surface area contributed by atoms with Gasteiger partial charge in [-0.1, -0.05) is 25.1 Å². The SMILES string of the molecule is CCc1c(C)cc2nc(-c3cccc(-c4cnccc4OC)c3)sc2c1-c1cc(F)c2c(c1C)CCCO2. The standard InChI is InChI=1S/C32H29FN2O2S/c1-5-22-18(2)14-27-31(29(22)24-16-26(33)30-23(19(24)3)10-7-13-37-30)38-32(35-27)21-9-6-8-20(15-21)25-17-34-12-11-28(25)36-4/h6,8-9,11-12,14-17H,5,7,10,13H2,1-4H3. The van der Waals surface area contributed by atoms with E-state index < -0.39 is 0 Å². The van der Waals surface area contributed by atoms with Crippen LogP contribution in [0.1, 0.15) is 35.6 Å². The average molecular weight is 525 g/mol. The minimum atomic E-state index is -0.278. The molecule has 4 nitrogen and oxygen atoms in total. The molecule has 0 unspecified atom stereocenters. The molecule has 38 heavy (non-hydrogen) atoms. The summed E-state index contributed by atoms with van der Waals surface area (Å²) in [7, 11) is 1.67. The molecule has 0 amide bonds. The van der Waals surface area contributed by atoms with E-state index in [1.54, 1.807) is 30.7 Å². The first kappa shape index (κ1) is 24.6. The van der Waals surface area contributed by atoms with Crippen molar-refractivity contribution >= 4 is 21.6 Å². The van der Waals surface area contributed by atoms with Gasteiger partial charge in [0.2, 0.25) is 0 Å². The fourth-order valence-electron chi connectivity index (χ4n) is 5.61. The zero-order valence-electron chi connectivity index (χ0n) is 22.0. The number of rotatable bonds is 5. The molecule has 0 spiro atoms. The van der Waals surface area contributed by atoms with E-state index in [9.17, 15) is 0 Å². The van der Waals surface area contributed by atoms with Crippen LogP contribution >= 0.6 is 11.3 Å². The summed E-state index contributed by atoms with van der Waals surface area (Å²) in [5.74, 6) is 0.924. The Morgan fingerprint density at radius 1 is 1.08 bits per heavy atom. The fraction of sp³-hybridized carbons (Fsp3) is 0.250. The lowest BCUT2D eigenvalue weighted by Gasteiger charge is -2.23. The van der Waals surface area contributed by atoms with Gasteiger partial charge in [-0.05, 0) is 85.2 Å². The molecule has 0 bridgehead atoms. The number of aromatic nitrogens is 2. The molecule has 1 aliphatic rings. The molecule has 0 aliphatic carbocycles. The Bertz CT molecular complexity index is 1690. The van der Waals surface area contributed by atoms with Crippen molar-refractivity contribution in [3.05, 3.63) is 82.9 Å². The van der Waals surface area contributed by atoms with Crippen LogP contribution in [0.4, 0.5) is 4.39 Å². The van der Waals surface area contributed by atoms with Crippen molar-refractivity contribution in [3.8, 4) is 44.3 Å². The number of pyridine rings is 1. The van der Waals surface area contributed by atoms with Crippen LogP contribution in [0.25, 0.3) is 43.0 Å². The lowest BCUT2D eigenvalue weighted by atomic mass is 9.87. The van der Waals surface area contributed by atoms with Crippen molar-refractivity contribution in [2.24, 2.45) is 0 Å². The van der Waals surface area contributed by atoms with Gasteiger partial charge in [0.05, 0.1) is 23.9 Å². The number of halogens is 1. The Morgan fingerprint density at radius 3 is 2.74 bits per heavy atom. The third-order valence-corrected chi connectivity index (χ3v) is 8.63. The fourth-order valence-corrected chi connectivity index (χ4v) is 6.74. The highest BCUT2D eigenvalue weighted by atomic mass is 32.1. The van der Waals surface area contributed by atoms with Crippen LogP contribution in [-0.4, -0.2) is 23.7 Å². The van der Waals surface area contributed by atoms with Gasteiger partial charge in [-0.2, -0.15) is 0 Å². The van der Waals surface area contributed by atoms with E-state index in [1.807, 2.05) is 18.3 Å². The second-order valence-corrected chi connectivity index (χ2v) is 10.7. The molecule has 3 aromatic carbocycles. The molecule has 2 aromatic heterocycles. The summed E-state index contributed by atoms with van der Waals surface area (Å²) in [6.07, 6.45) is 6.15. The van der Waals surface area contributed by atoms with Crippen molar-refractivity contribution in [3.63, 3.8) is 0 Å². The molecule has 192 valence electrons. The van der Waals surface area contributed by atoms with Crippen LogP contribution in [0, 0.1) is 19.7 Å². The van der Waals surface area contributed by atoms with Crippen molar-refractivity contribution in [2.75, 3.05) is 13.7 Å². The van der Waals surface area contributed by atoms with Gasteiger partial charge in [0.1, 0.15) is 10.8 Å². The molecule has 6 rings (SSSR count). The highest BCUT2D eigenvalue weighted by Gasteiger charge is 2.24. The number of aryl methyl sites for hydroxylation is 1. The van der Waals surface area contributed by atoms with Gasteiger partial charge in [-0.3, -0.25) is 4.98 Å². The van der Waals surface area contributed by atoms with Crippen LogP contribution < -0.4 is 9.47 Å². The van der Waals surface area contributed by atoms with E-state index in [2.05, 4.69) is 50.0 Å². The lowest BCUT2D eigenvalue weighted by molar-refractivity contribution is 0.273. The Hall–Kier alpha value is -3.77. The van der Waals surface area contributed by atoms with Gasteiger partial charge in [-0.25, -0.2) is 9.37 Å². The molecule has 0 atom stereocenters. The van der Waals surface area contributed by atoms with Crippen molar-refractivity contribution in [1.29, 1.82) is 0 Å². The molecule has 5 aromatic rings. The molecule has 0 N–H and O–H groups in total. The van der Waals surface area contributed by atoms with Gasteiger partial charge in [0.25, 0.3) is 0 Å². The highest BCUT2D eigenvalue weighted by molar-refractivity contribution is 7.22. The van der Waals surface area contributed by atoms with Gasteiger partial charge >= 0.3 is 0 Å². The Balaban J connectivity index is 1.55. The molecule has 0 saturated heterocycles. The number of benzene rings is 3. The third kappa shape index (κ3) is 4.04. The zero-order valence-corrected chi connectivity index (χ0v) is 22.8. The van der Waals surface area contributed by atoms with Crippen LogP contribution in [0.3, 0.4) is 0 Å². The van der Waals surface area contributed by atoms with Crippen LogP contribution in [-0.2, 0) is 12.8 Å². The molecule has 1 aliphatic heterocycles. The molecule has 0 saturated carbocycles. The van der Waals surface area contributed by atoms with Gasteiger partial charge in [0, 0.05) is 34.6 Å². The van der Waals surface area contributed by atoms with E-state index in [0.29, 0.717) is 12.4 Å². The quantitative estimate of drug-likeness (QED) is 0.232. The first-order chi connectivity index (χ1) is 18.5. The summed E-state index contributed by atoms with van der Waals surface area (Å²) >= 11 is 1.66. The summed E-state index contributed by atoms with van der Waals surface area (Å²) in [5, 5.41) is 0.929. The summed E-state index contributed by atoms with van der Waals surface area (Å²) in [5.41, 5.74) is 10.5. The van der Waals surface area contributed by atoms with Crippen molar-refractivity contribution in [2.45, 2.75) is 40.0 Å². The number of nitrogens with zero attached hydrogens (tertiary/aromatic N) is 2. The second-order valence-electron chi connectivity index (χ2n) is 9.72. The van der Waals surface area contributed by atoms with E-state index >= 15 is 4.39 Å². The normalized spacial score (nSPS) is 12.9. The number of thiazole rings is 1. The minimum absolute atomic E-state index is 0.278. The van der Waals surface area contributed by atoms with Gasteiger partial charge in [0.15, 0.2) is 11.6 Å². The van der Waals surface area contributed by atoms with E-state index in [4.69, 9.17) is 14.5 Å². The topological polar surface area (TPSA) is 44.2 Å². The molecular formula is C32H29FN2O2S. The molecular weight excluding hydrogens is 495 g/mol. The number of ether oxygens (including phenoxy) is 2. The summed E-state index contributed by atoms with van der Waals surface area (Å²) < 4.78 is 27.7. The third-order valence-electron chi connectivity index (χ3n) is 7.49. The van der Waals surface area contributed by atoms with Gasteiger partial charge in [-0.15, -0.1) is 11.3 Å². The maximum Gasteiger partial charge on any atom is 0.165 e. The minimum Gasteiger partial charge on any atom is -0.496 e. The number of fused-ring (bicyclic) bond motifs is 2. The Kier molecular flexibility index (Phi) is 6.36. The highest BCUT2D eigenvalue weighted by Crippen LogP contribution is 2.45. The largest absolute Gasteiger partial charge is 0.496 e.